The maximum Gasteiger partial charge on any atom is 0.0154 e. The molecule has 0 saturated heterocycles. The van der Waals surface area contributed by atoms with Gasteiger partial charge in [-0.05, 0) is 90.8 Å². The van der Waals surface area contributed by atoms with E-state index < -0.39 is 7.92 Å². The molecule has 3 aromatic carbocycles. The number of fused-ring (bicyclic) bond motifs is 1. The molecule has 244 valence electrons. The third-order valence-corrected chi connectivity index (χ3v) is 14.5. The largest absolute Gasteiger partial charge is 0.0622 e. The van der Waals surface area contributed by atoms with Crippen LogP contribution in [-0.2, 0) is 32.5 Å². The molecule has 0 spiro atoms. The van der Waals surface area contributed by atoms with Crippen LogP contribution in [0.5, 0.6) is 0 Å². The van der Waals surface area contributed by atoms with Gasteiger partial charge in [-0.15, -0.1) is 0 Å². The van der Waals surface area contributed by atoms with Gasteiger partial charge >= 0.3 is 0 Å². The number of hydrogen-bond acceptors (Lipinski definition) is 0. The van der Waals surface area contributed by atoms with E-state index in [1.54, 1.807) is 21.5 Å². The standard InChI is InChI=1S/C43H62P2/c1-38(2,3)29-23-31(40(7,8)9)35(32(24-29)41(10,11)12)44-37(28-21-19-18-20-22-28)45-27-43(16,17)34-26-30(39(4,5)6)25-33(36(34)45)42(13,14)15/h18-26H,27H2,1-17H3. The molecule has 0 saturated carbocycles. The second-order valence-electron chi connectivity index (χ2n) is 19.4. The Kier molecular flexibility index (Phi) is 9.42. The zero-order chi connectivity index (χ0) is 34.1. The Balaban J connectivity index is 2.18. The van der Waals surface area contributed by atoms with Gasteiger partial charge < -0.3 is 0 Å². The van der Waals surface area contributed by atoms with Crippen molar-refractivity contribution in [1.82, 2.24) is 0 Å². The molecule has 0 aromatic heterocycles. The van der Waals surface area contributed by atoms with Gasteiger partial charge in [-0.3, -0.25) is 0 Å². The molecule has 0 aliphatic carbocycles. The van der Waals surface area contributed by atoms with Gasteiger partial charge in [0.1, 0.15) is 0 Å². The molecule has 0 nitrogen and oxygen atoms in total. The fraction of sp³-hybridized carbons (Fsp3) is 0.558. The average Bonchev–Trinajstić information content (AvgIpc) is 3.14. The minimum absolute atomic E-state index is 0.0314. The molecule has 1 unspecified atom stereocenters. The van der Waals surface area contributed by atoms with E-state index in [9.17, 15) is 0 Å². The SMILES string of the molecule is CC(C)(C)c1cc(C(C)(C)C)c(P=C(c2ccccc2)P2CC(C)(C)c3cc(C(C)(C)C)cc(C(C)(C)C)c32)c(C(C)(C)C)c1. The van der Waals surface area contributed by atoms with Crippen molar-refractivity contribution in [3.05, 3.63) is 93.5 Å². The molecular weight excluding hydrogens is 578 g/mol. The van der Waals surface area contributed by atoms with Crippen molar-refractivity contribution in [2.75, 3.05) is 6.16 Å². The molecular formula is C43H62P2. The summed E-state index contributed by atoms with van der Waals surface area (Å²) < 4.78 is 0. The summed E-state index contributed by atoms with van der Waals surface area (Å²) in [7, 11) is 0.800. The Hall–Kier alpha value is -1.74. The monoisotopic (exact) mass is 640 g/mol. The molecule has 0 fully saturated rings. The first-order valence-electron chi connectivity index (χ1n) is 17.0. The van der Waals surface area contributed by atoms with Crippen LogP contribution in [0.25, 0.3) is 0 Å². The van der Waals surface area contributed by atoms with Crippen molar-refractivity contribution < 1.29 is 0 Å². The molecule has 2 heteroatoms. The van der Waals surface area contributed by atoms with Crippen LogP contribution in [0.4, 0.5) is 0 Å². The highest BCUT2D eigenvalue weighted by Gasteiger charge is 2.43. The molecule has 4 rings (SSSR count). The second-order valence-corrected chi connectivity index (χ2v) is 22.9. The number of rotatable bonds is 3. The van der Waals surface area contributed by atoms with Crippen molar-refractivity contribution in [1.29, 1.82) is 0 Å². The molecule has 0 amide bonds. The van der Waals surface area contributed by atoms with Crippen molar-refractivity contribution >= 4 is 31.8 Å². The summed E-state index contributed by atoms with van der Waals surface area (Å²) in [5.41, 5.74) is 10.9. The van der Waals surface area contributed by atoms with E-state index in [0.717, 1.165) is 0 Å². The molecule has 1 aliphatic rings. The molecule has 45 heavy (non-hydrogen) atoms. The Morgan fingerprint density at radius 3 is 1.42 bits per heavy atom. The Morgan fingerprint density at radius 1 is 0.578 bits per heavy atom. The summed E-state index contributed by atoms with van der Waals surface area (Å²) in [6, 6.07) is 21.7. The summed E-state index contributed by atoms with van der Waals surface area (Å²) >= 11 is 0. The molecule has 0 bridgehead atoms. The van der Waals surface area contributed by atoms with E-state index in [2.05, 4.69) is 172 Å². The first-order valence-corrected chi connectivity index (χ1v) is 19.5. The summed E-state index contributed by atoms with van der Waals surface area (Å²) in [6.45, 7) is 40.9. The van der Waals surface area contributed by atoms with Crippen LogP contribution in [0.2, 0.25) is 0 Å². The lowest BCUT2D eigenvalue weighted by atomic mass is 9.75. The Bertz CT molecular complexity index is 1550. The zero-order valence-electron chi connectivity index (χ0n) is 31.8. The van der Waals surface area contributed by atoms with Crippen LogP contribution < -0.4 is 10.6 Å². The van der Waals surface area contributed by atoms with Crippen molar-refractivity contribution in [3.63, 3.8) is 0 Å². The van der Waals surface area contributed by atoms with E-state index in [-0.39, 0.29) is 32.5 Å². The van der Waals surface area contributed by atoms with Crippen molar-refractivity contribution in [2.45, 2.75) is 150 Å². The number of benzene rings is 3. The van der Waals surface area contributed by atoms with Crippen LogP contribution in [0.1, 0.15) is 157 Å². The van der Waals surface area contributed by atoms with Gasteiger partial charge in [0.15, 0.2) is 0 Å². The lowest BCUT2D eigenvalue weighted by molar-refractivity contribution is 0.554. The minimum Gasteiger partial charge on any atom is -0.0622 e. The molecule has 1 atom stereocenters. The fourth-order valence-electron chi connectivity index (χ4n) is 6.49. The smallest absolute Gasteiger partial charge is 0.0154 e. The summed E-state index contributed by atoms with van der Waals surface area (Å²) in [4.78, 5) is 0. The van der Waals surface area contributed by atoms with E-state index >= 15 is 0 Å². The average molecular weight is 641 g/mol. The highest BCUT2D eigenvalue weighted by molar-refractivity contribution is 7.92. The third kappa shape index (κ3) is 7.55. The minimum atomic E-state index is -0.568. The van der Waals surface area contributed by atoms with Gasteiger partial charge in [0.05, 0.1) is 0 Å². The van der Waals surface area contributed by atoms with Crippen LogP contribution in [0, 0.1) is 0 Å². The van der Waals surface area contributed by atoms with Crippen LogP contribution in [-0.4, -0.2) is 11.2 Å². The van der Waals surface area contributed by atoms with Gasteiger partial charge in [-0.2, -0.15) is 0 Å². The zero-order valence-corrected chi connectivity index (χ0v) is 33.6. The van der Waals surface area contributed by atoms with Gasteiger partial charge in [-0.25, -0.2) is 0 Å². The van der Waals surface area contributed by atoms with Crippen LogP contribution in [0.3, 0.4) is 0 Å². The van der Waals surface area contributed by atoms with Gasteiger partial charge in [0.2, 0.25) is 0 Å². The van der Waals surface area contributed by atoms with E-state index in [1.165, 1.54) is 47.5 Å². The lowest BCUT2D eigenvalue weighted by Gasteiger charge is -2.33. The van der Waals surface area contributed by atoms with E-state index in [4.69, 9.17) is 0 Å². The summed E-state index contributed by atoms with van der Waals surface area (Å²) in [5.74, 6) is 0. The first kappa shape index (κ1) is 36.1. The van der Waals surface area contributed by atoms with E-state index in [1.807, 2.05) is 0 Å². The first-order chi connectivity index (χ1) is 20.2. The predicted molar refractivity (Wildman–Crippen MR) is 208 cm³/mol. The maximum atomic E-state index is 2.59. The van der Waals surface area contributed by atoms with Gasteiger partial charge in [-0.1, -0.05) is 181 Å². The molecule has 0 N–H and O–H groups in total. The summed E-state index contributed by atoms with van der Waals surface area (Å²) in [6.07, 6.45) is 1.20. The normalized spacial score (nSPS) is 17.9. The lowest BCUT2D eigenvalue weighted by Crippen LogP contribution is -2.30. The van der Waals surface area contributed by atoms with Gasteiger partial charge in [0, 0.05) is 10.3 Å². The molecule has 3 aromatic rings. The van der Waals surface area contributed by atoms with Crippen LogP contribution >= 0.6 is 16.1 Å². The number of hydrogen-bond donors (Lipinski definition) is 0. The van der Waals surface area contributed by atoms with Crippen molar-refractivity contribution in [3.8, 4) is 0 Å². The highest BCUT2D eigenvalue weighted by Crippen LogP contribution is 2.57. The Morgan fingerprint density at radius 2 is 1.00 bits per heavy atom. The highest BCUT2D eigenvalue weighted by atomic mass is 31.1. The van der Waals surface area contributed by atoms with Crippen LogP contribution in [0.15, 0.2) is 54.6 Å². The molecule has 1 aliphatic heterocycles. The van der Waals surface area contributed by atoms with E-state index in [0.29, 0.717) is 0 Å². The molecule has 0 radical (unpaired) electrons. The van der Waals surface area contributed by atoms with Crippen molar-refractivity contribution in [2.24, 2.45) is 0 Å². The summed E-state index contributed by atoms with van der Waals surface area (Å²) in [5, 5.41) is 4.80. The predicted octanol–water partition coefficient (Wildman–Crippen LogP) is 12.0. The topological polar surface area (TPSA) is 0 Å². The Labute approximate surface area is 280 Å². The van der Waals surface area contributed by atoms with Gasteiger partial charge in [0.25, 0.3) is 0 Å². The maximum absolute atomic E-state index is 2.59. The fourth-order valence-corrected chi connectivity index (χ4v) is 12.6. The third-order valence-electron chi connectivity index (χ3n) is 9.43. The molecule has 1 heterocycles. The second kappa shape index (κ2) is 11.7. The quantitative estimate of drug-likeness (QED) is 0.250.